The number of carbonyl (C=O) groups is 2. The van der Waals surface area contributed by atoms with Crippen LogP contribution in [0.25, 0.3) is 0 Å². The quantitative estimate of drug-likeness (QED) is 0.363. The van der Waals surface area contributed by atoms with Crippen LogP contribution >= 0.6 is 0 Å². The van der Waals surface area contributed by atoms with Crippen LogP contribution in [0.3, 0.4) is 0 Å². The van der Waals surface area contributed by atoms with E-state index in [4.69, 9.17) is 21.7 Å². The van der Waals surface area contributed by atoms with Gasteiger partial charge in [-0.25, -0.2) is 0 Å². The summed E-state index contributed by atoms with van der Waals surface area (Å²) in [5.41, 5.74) is 9.81. The van der Waals surface area contributed by atoms with Gasteiger partial charge in [0.25, 0.3) is 0 Å². The molecule has 2 amide bonds. The van der Waals surface area contributed by atoms with E-state index in [1.807, 2.05) is 0 Å². The molecule has 0 rings (SSSR count). The van der Waals surface area contributed by atoms with Gasteiger partial charge in [0, 0.05) is 18.8 Å². The smallest absolute Gasteiger partial charge is 0.220 e. The van der Waals surface area contributed by atoms with Gasteiger partial charge < -0.3 is 21.7 Å². The lowest BCUT2D eigenvalue weighted by atomic mass is 9.98. The molecular formula is C7H14N2O4. The Morgan fingerprint density at radius 1 is 1.23 bits per heavy atom. The van der Waals surface area contributed by atoms with Crippen molar-refractivity contribution < 1.29 is 19.8 Å². The van der Waals surface area contributed by atoms with Crippen molar-refractivity contribution in [1.29, 1.82) is 0 Å². The van der Waals surface area contributed by atoms with Crippen molar-refractivity contribution in [2.24, 2.45) is 17.4 Å². The van der Waals surface area contributed by atoms with Gasteiger partial charge in [-0.15, -0.1) is 0 Å². The fraction of sp³-hybridized carbons (Fsp3) is 0.714. The maximum absolute atomic E-state index is 10.7. The summed E-state index contributed by atoms with van der Waals surface area (Å²) in [6.45, 7) is 0. The van der Waals surface area contributed by atoms with Gasteiger partial charge in [-0.3, -0.25) is 9.59 Å². The number of carbonyl (C=O) groups excluding carboxylic acids is 2. The van der Waals surface area contributed by atoms with Gasteiger partial charge in [0.1, 0.15) is 0 Å². The van der Waals surface area contributed by atoms with Gasteiger partial charge in [0.05, 0.1) is 0 Å². The molecule has 0 aliphatic carbocycles. The minimum atomic E-state index is -1.59. The highest BCUT2D eigenvalue weighted by molar-refractivity contribution is 5.78. The molecule has 0 saturated heterocycles. The third-order valence-electron chi connectivity index (χ3n) is 1.64. The largest absolute Gasteiger partial charge is 0.370 e. The molecule has 0 radical (unpaired) electrons. The summed E-state index contributed by atoms with van der Waals surface area (Å²) in [5.74, 6) is -1.92. The van der Waals surface area contributed by atoms with Crippen LogP contribution in [0.4, 0.5) is 0 Å². The Balaban J connectivity index is 3.95. The lowest BCUT2D eigenvalue weighted by Crippen LogP contribution is -2.28. The molecule has 0 aromatic carbocycles. The zero-order valence-electron chi connectivity index (χ0n) is 7.14. The summed E-state index contributed by atoms with van der Waals surface area (Å²) in [6.07, 6.45) is -1.59. The van der Waals surface area contributed by atoms with Crippen molar-refractivity contribution in [3.05, 3.63) is 0 Å². The highest BCUT2D eigenvalue weighted by Gasteiger charge is 2.18. The van der Waals surface area contributed by atoms with E-state index in [0.717, 1.165) is 0 Å². The highest BCUT2D eigenvalue weighted by Crippen LogP contribution is 2.11. The average molecular weight is 190 g/mol. The van der Waals surface area contributed by atoms with E-state index >= 15 is 0 Å². The van der Waals surface area contributed by atoms with E-state index in [2.05, 4.69) is 0 Å². The summed E-state index contributed by atoms with van der Waals surface area (Å²) in [5, 5.41) is 17.1. The molecule has 0 heterocycles. The van der Waals surface area contributed by atoms with Crippen LogP contribution in [0.5, 0.6) is 0 Å². The monoisotopic (exact) mass is 190 g/mol. The van der Waals surface area contributed by atoms with Crippen molar-refractivity contribution >= 4 is 11.8 Å². The molecule has 0 aromatic heterocycles. The Hall–Kier alpha value is -1.14. The number of amides is 2. The Morgan fingerprint density at radius 2 is 1.77 bits per heavy atom. The molecule has 1 unspecified atom stereocenters. The number of hydrogen-bond acceptors (Lipinski definition) is 4. The second kappa shape index (κ2) is 5.50. The Labute approximate surface area is 75.5 Å². The van der Waals surface area contributed by atoms with Crippen LogP contribution in [0.15, 0.2) is 0 Å². The first-order chi connectivity index (χ1) is 5.93. The van der Waals surface area contributed by atoms with E-state index < -0.39 is 24.0 Å². The van der Waals surface area contributed by atoms with Crippen LogP contribution in [0, 0.1) is 5.92 Å². The molecule has 6 nitrogen and oxygen atoms in total. The lowest BCUT2D eigenvalue weighted by molar-refractivity contribution is -0.127. The van der Waals surface area contributed by atoms with E-state index in [1.165, 1.54) is 0 Å². The van der Waals surface area contributed by atoms with Gasteiger partial charge >= 0.3 is 0 Å². The summed E-state index contributed by atoms with van der Waals surface area (Å²) in [6, 6.07) is 0. The number of nitrogens with two attached hydrogens (primary N) is 2. The van der Waals surface area contributed by atoms with Crippen molar-refractivity contribution in [2.75, 3.05) is 0 Å². The normalized spacial score (nSPS) is 12.8. The van der Waals surface area contributed by atoms with Gasteiger partial charge in [-0.1, -0.05) is 0 Å². The Kier molecular flexibility index (Phi) is 5.01. The van der Waals surface area contributed by atoms with Crippen molar-refractivity contribution in [3.63, 3.8) is 0 Å². The van der Waals surface area contributed by atoms with Crippen molar-refractivity contribution in [1.82, 2.24) is 0 Å². The number of aliphatic hydroxyl groups excluding tert-OH is 1. The van der Waals surface area contributed by atoms with Gasteiger partial charge in [0.2, 0.25) is 11.8 Å². The fourth-order valence-electron chi connectivity index (χ4n) is 0.947. The second-order valence-electron chi connectivity index (χ2n) is 2.82. The molecule has 0 fully saturated rings. The van der Waals surface area contributed by atoms with Crippen LogP contribution in [-0.2, 0) is 9.59 Å². The third-order valence-corrected chi connectivity index (χ3v) is 1.64. The first-order valence-corrected chi connectivity index (χ1v) is 3.87. The fourth-order valence-corrected chi connectivity index (χ4v) is 0.947. The molecule has 0 spiro atoms. The minimum absolute atomic E-state index is 0.0142. The standard InChI is InChI=1S/C7H14N2O4/c8-5(10)2-1-4(7(9)13)3-6(11)12/h4,6,11-12H,1-3H2,(H2,8,10)(H2,9,13). The second-order valence-corrected chi connectivity index (χ2v) is 2.82. The zero-order chi connectivity index (χ0) is 10.4. The van der Waals surface area contributed by atoms with Crippen molar-refractivity contribution in [3.8, 4) is 0 Å². The average Bonchev–Trinajstić information content (AvgIpc) is 1.96. The molecule has 0 aliphatic heterocycles. The number of primary amides is 2. The van der Waals surface area contributed by atoms with Gasteiger partial charge in [-0.2, -0.15) is 0 Å². The number of hydrogen-bond donors (Lipinski definition) is 4. The van der Waals surface area contributed by atoms with E-state index in [0.29, 0.717) is 0 Å². The summed E-state index contributed by atoms with van der Waals surface area (Å²) >= 11 is 0. The van der Waals surface area contributed by atoms with E-state index in [1.54, 1.807) is 0 Å². The molecule has 0 bridgehead atoms. The minimum Gasteiger partial charge on any atom is -0.370 e. The van der Waals surface area contributed by atoms with Crippen LogP contribution < -0.4 is 11.5 Å². The molecule has 76 valence electrons. The van der Waals surface area contributed by atoms with Crippen molar-refractivity contribution in [2.45, 2.75) is 25.6 Å². The molecular weight excluding hydrogens is 176 g/mol. The Bertz CT molecular complexity index is 193. The predicted octanol–water partition coefficient (Wildman–Crippen LogP) is -1.95. The molecule has 6 N–H and O–H groups in total. The predicted molar refractivity (Wildman–Crippen MR) is 44.0 cm³/mol. The maximum atomic E-state index is 10.7. The zero-order valence-corrected chi connectivity index (χ0v) is 7.14. The van der Waals surface area contributed by atoms with Crippen LogP contribution in [0.2, 0.25) is 0 Å². The molecule has 1 atom stereocenters. The summed E-state index contributed by atoms with van der Waals surface area (Å²) < 4.78 is 0. The van der Waals surface area contributed by atoms with Gasteiger partial charge in [-0.05, 0) is 6.42 Å². The van der Waals surface area contributed by atoms with E-state index in [9.17, 15) is 9.59 Å². The number of rotatable bonds is 6. The molecule has 6 heteroatoms. The SMILES string of the molecule is NC(=O)CCC(CC(O)O)C(N)=O. The molecule has 0 aliphatic rings. The van der Waals surface area contributed by atoms with E-state index in [-0.39, 0.29) is 19.3 Å². The van der Waals surface area contributed by atoms with Gasteiger partial charge in [0.15, 0.2) is 6.29 Å². The third kappa shape index (κ3) is 6.06. The number of aliphatic hydroxyl groups is 2. The topological polar surface area (TPSA) is 127 Å². The maximum Gasteiger partial charge on any atom is 0.220 e. The molecule has 13 heavy (non-hydrogen) atoms. The molecule has 0 saturated carbocycles. The Morgan fingerprint density at radius 3 is 2.08 bits per heavy atom. The highest BCUT2D eigenvalue weighted by atomic mass is 16.5. The van der Waals surface area contributed by atoms with Crippen LogP contribution in [0.1, 0.15) is 19.3 Å². The van der Waals surface area contributed by atoms with Crippen LogP contribution in [-0.4, -0.2) is 28.3 Å². The first-order valence-electron chi connectivity index (χ1n) is 3.87. The summed E-state index contributed by atoms with van der Waals surface area (Å²) in [7, 11) is 0. The molecule has 0 aromatic rings. The summed E-state index contributed by atoms with van der Waals surface area (Å²) in [4.78, 5) is 21.1. The lowest BCUT2D eigenvalue weighted by Gasteiger charge is -2.12. The first kappa shape index (κ1) is 11.9.